The third-order valence-electron chi connectivity index (χ3n) is 2.32. The van der Waals surface area contributed by atoms with Gasteiger partial charge in [-0.2, -0.15) is 10.4 Å². The third kappa shape index (κ3) is 1.56. The lowest BCUT2D eigenvalue weighted by molar-refractivity contribution is 0.0660. The van der Waals surface area contributed by atoms with Crippen LogP contribution in [0.5, 0.6) is 0 Å². The van der Waals surface area contributed by atoms with Crippen LogP contribution < -0.4 is 0 Å². The quantitative estimate of drug-likeness (QED) is 0.645. The van der Waals surface area contributed by atoms with Gasteiger partial charge in [0.2, 0.25) is 0 Å². The molecule has 1 aliphatic rings. The zero-order valence-electron chi connectivity index (χ0n) is 7.31. The van der Waals surface area contributed by atoms with E-state index < -0.39 is 0 Å². The maximum atomic E-state index is 8.80. The van der Waals surface area contributed by atoms with Crippen molar-refractivity contribution in [1.82, 2.24) is 9.78 Å². The van der Waals surface area contributed by atoms with E-state index in [0.717, 1.165) is 26.1 Å². The van der Waals surface area contributed by atoms with Gasteiger partial charge in [-0.3, -0.25) is 4.68 Å². The standard InChI is InChI=1S/C9H11N3O/c10-7-9-1-4-11-12(9)8-2-5-13-6-3-8/h1,4,8H,2-3,5-6H2. The average molecular weight is 177 g/mol. The SMILES string of the molecule is N#Cc1ccnn1C1CCOCC1. The Kier molecular flexibility index (Phi) is 2.28. The zero-order valence-corrected chi connectivity index (χ0v) is 7.31. The van der Waals surface area contributed by atoms with Crippen LogP contribution in [0.2, 0.25) is 0 Å². The number of hydrogen-bond acceptors (Lipinski definition) is 3. The normalized spacial score (nSPS) is 18.4. The smallest absolute Gasteiger partial charge is 0.138 e. The van der Waals surface area contributed by atoms with Gasteiger partial charge < -0.3 is 4.74 Å². The molecule has 1 fully saturated rings. The van der Waals surface area contributed by atoms with Gasteiger partial charge in [-0.05, 0) is 18.9 Å². The lowest BCUT2D eigenvalue weighted by atomic mass is 10.1. The second kappa shape index (κ2) is 3.58. The molecule has 0 N–H and O–H groups in total. The number of nitriles is 1. The molecule has 1 saturated heterocycles. The monoisotopic (exact) mass is 177 g/mol. The van der Waals surface area contributed by atoms with Crippen molar-refractivity contribution in [2.45, 2.75) is 18.9 Å². The van der Waals surface area contributed by atoms with Gasteiger partial charge in [0, 0.05) is 13.2 Å². The maximum absolute atomic E-state index is 8.80. The van der Waals surface area contributed by atoms with Crippen LogP contribution in [-0.2, 0) is 4.74 Å². The van der Waals surface area contributed by atoms with Crippen molar-refractivity contribution in [3.63, 3.8) is 0 Å². The van der Waals surface area contributed by atoms with E-state index in [2.05, 4.69) is 11.2 Å². The Morgan fingerprint density at radius 3 is 3.00 bits per heavy atom. The molecule has 1 aromatic heterocycles. The van der Waals surface area contributed by atoms with E-state index >= 15 is 0 Å². The number of ether oxygens (including phenoxy) is 1. The summed E-state index contributed by atoms with van der Waals surface area (Å²) in [5, 5.41) is 12.9. The molecule has 0 saturated carbocycles. The largest absolute Gasteiger partial charge is 0.381 e. The van der Waals surface area contributed by atoms with Crippen LogP contribution in [0.3, 0.4) is 0 Å². The van der Waals surface area contributed by atoms with E-state index in [9.17, 15) is 0 Å². The molecule has 13 heavy (non-hydrogen) atoms. The van der Waals surface area contributed by atoms with Crippen molar-refractivity contribution in [2.24, 2.45) is 0 Å². The van der Waals surface area contributed by atoms with Crippen molar-refractivity contribution in [1.29, 1.82) is 5.26 Å². The van der Waals surface area contributed by atoms with Crippen molar-refractivity contribution >= 4 is 0 Å². The van der Waals surface area contributed by atoms with Crippen LogP contribution in [0.1, 0.15) is 24.6 Å². The van der Waals surface area contributed by atoms with E-state index in [1.165, 1.54) is 0 Å². The van der Waals surface area contributed by atoms with Gasteiger partial charge in [0.15, 0.2) is 0 Å². The van der Waals surface area contributed by atoms with Gasteiger partial charge in [0.25, 0.3) is 0 Å². The molecule has 0 radical (unpaired) electrons. The topological polar surface area (TPSA) is 50.8 Å². The van der Waals surface area contributed by atoms with Gasteiger partial charge >= 0.3 is 0 Å². The Balaban J connectivity index is 2.19. The summed E-state index contributed by atoms with van der Waals surface area (Å²) in [7, 11) is 0. The Bertz CT molecular complexity index is 320. The molecule has 0 aromatic carbocycles. The van der Waals surface area contributed by atoms with Crippen LogP contribution in [0.4, 0.5) is 0 Å². The second-order valence-electron chi connectivity index (χ2n) is 3.12. The highest BCUT2D eigenvalue weighted by molar-refractivity contribution is 5.19. The minimum Gasteiger partial charge on any atom is -0.381 e. The molecule has 0 aliphatic carbocycles. The number of hydrogen-bond donors (Lipinski definition) is 0. The molecule has 68 valence electrons. The highest BCUT2D eigenvalue weighted by Crippen LogP contribution is 2.20. The molecule has 0 bridgehead atoms. The fraction of sp³-hybridized carbons (Fsp3) is 0.556. The first kappa shape index (κ1) is 8.27. The molecule has 0 unspecified atom stereocenters. The predicted molar refractivity (Wildman–Crippen MR) is 46.0 cm³/mol. The van der Waals surface area contributed by atoms with Crippen LogP contribution in [0, 0.1) is 11.3 Å². The Morgan fingerprint density at radius 2 is 2.31 bits per heavy atom. The molecule has 2 heterocycles. The molecule has 1 aliphatic heterocycles. The fourth-order valence-electron chi connectivity index (χ4n) is 1.62. The number of aromatic nitrogens is 2. The van der Waals surface area contributed by atoms with Crippen molar-refractivity contribution in [2.75, 3.05) is 13.2 Å². The molecule has 4 heteroatoms. The zero-order chi connectivity index (χ0) is 9.10. The highest BCUT2D eigenvalue weighted by atomic mass is 16.5. The first-order valence-corrected chi connectivity index (χ1v) is 4.43. The first-order valence-electron chi connectivity index (χ1n) is 4.43. The second-order valence-corrected chi connectivity index (χ2v) is 3.12. The summed E-state index contributed by atoms with van der Waals surface area (Å²) in [4.78, 5) is 0. The van der Waals surface area contributed by atoms with E-state index in [-0.39, 0.29) is 0 Å². The Morgan fingerprint density at radius 1 is 1.54 bits per heavy atom. The Hall–Kier alpha value is -1.34. The Labute approximate surface area is 76.7 Å². The van der Waals surface area contributed by atoms with Gasteiger partial charge in [0.1, 0.15) is 11.8 Å². The van der Waals surface area contributed by atoms with Gasteiger partial charge in [-0.1, -0.05) is 0 Å². The van der Waals surface area contributed by atoms with Crippen molar-refractivity contribution in [3.05, 3.63) is 18.0 Å². The summed E-state index contributed by atoms with van der Waals surface area (Å²) < 4.78 is 7.06. The third-order valence-corrected chi connectivity index (χ3v) is 2.32. The summed E-state index contributed by atoms with van der Waals surface area (Å²) in [6, 6.07) is 4.22. The predicted octanol–water partition coefficient (Wildman–Crippen LogP) is 1.11. The molecular formula is C9H11N3O. The summed E-state index contributed by atoms with van der Waals surface area (Å²) in [6.45, 7) is 1.55. The summed E-state index contributed by atoms with van der Waals surface area (Å²) in [6.07, 6.45) is 3.58. The summed E-state index contributed by atoms with van der Waals surface area (Å²) in [5.41, 5.74) is 0.645. The fourth-order valence-corrected chi connectivity index (χ4v) is 1.62. The van der Waals surface area contributed by atoms with E-state index in [4.69, 9.17) is 10.00 Å². The molecule has 0 spiro atoms. The summed E-state index contributed by atoms with van der Waals surface area (Å²) >= 11 is 0. The lowest BCUT2D eigenvalue weighted by Crippen LogP contribution is -2.21. The van der Waals surface area contributed by atoms with Crippen LogP contribution in [0.25, 0.3) is 0 Å². The number of nitrogens with zero attached hydrogens (tertiary/aromatic N) is 3. The van der Waals surface area contributed by atoms with E-state index in [1.54, 1.807) is 12.3 Å². The van der Waals surface area contributed by atoms with Crippen molar-refractivity contribution in [3.8, 4) is 6.07 Å². The average Bonchev–Trinajstić information content (AvgIpc) is 2.67. The van der Waals surface area contributed by atoms with E-state index in [0.29, 0.717) is 11.7 Å². The van der Waals surface area contributed by atoms with Gasteiger partial charge in [0.05, 0.1) is 12.2 Å². The number of rotatable bonds is 1. The minimum absolute atomic E-state index is 0.346. The van der Waals surface area contributed by atoms with Crippen LogP contribution in [0.15, 0.2) is 12.3 Å². The molecular weight excluding hydrogens is 166 g/mol. The highest BCUT2D eigenvalue weighted by Gasteiger charge is 2.18. The summed E-state index contributed by atoms with van der Waals surface area (Å²) in [5.74, 6) is 0. The molecule has 4 nitrogen and oxygen atoms in total. The minimum atomic E-state index is 0.346. The van der Waals surface area contributed by atoms with Crippen molar-refractivity contribution < 1.29 is 4.74 Å². The molecule has 1 aromatic rings. The maximum Gasteiger partial charge on any atom is 0.138 e. The van der Waals surface area contributed by atoms with E-state index in [1.807, 2.05) is 4.68 Å². The van der Waals surface area contributed by atoms with Gasteiger partial charge in [-0.15, -0.1) is 0 Å². The molecule has 2 rings (SSSR count). The van der Waals surface area contributed by atoms with Crippen LogP contribution >= 0.6 is 0 Å². The van der Waals surface area contributed by atoms with Gasteiger partial charge in [-0.25, -0.2) is 0 Å². The first-order chi connectivity index (χ1) is 6.42. The molecule has 0 atom stereocenters. The van der Waals surface area contributed by atoms with Crippen LogP contribution in [-0.4, -0.2) is 23.0 Å². The molecule has 0 amide bonds. The lowest BCUT2D eigenvalue weighted by Gasteiger charge is -2.22.